The van der Waals surface area contributed by atoms with Gasteiger partial charge in [0.05, 0.1) is 44.5 Å². The summed E-state index contributed by atoms with van der Waals surface area (Å²) >= 11 is 18.0. The predicted octanol–water partition coefficient (Wildman–Crippen LogP) is 27.3. The normalized spacial score (nSPS) is 11.8. The summed E-state index contributed by atoms with van der Waals surface area (Å²) in [5.74, 6) is -4.21. The average Bonchev–Trinajstić information content (AvgIpc) is 0.776. The van der Waals surface area contributed by atoms with Crippen LogP contribution < -0.4 is 37.9 Å². The van der Waals surface area contributed by atoms with E-state index in [4.69, 9.17) is 37.9 Å². The molecule has 0 aliphatic heterocycles. The van der Waals surface area contributed by atoms with Crippen molar-refractivity contribution in [1.82, 2.24) is 0 Å². The summed E-state index contributed by atoms with van der Waals surface area (Å²) in [4.78, 5) is 122. The monoisotopic (exact) mass is 2690 g/mol. The number of rotatable bonds is 16. The Morgan fingerprint density at radius 3 is 0.301 bits per heavy atom. The standard InChI is InChI=1S/C112H72I8O16/c113-89-49-73-41-75-51-90(114)53-77(98(75)130-106(122)66-27-11-2-12-28-66)43-79-55-92(116)57-81(100(79)132-108(124)68-31-15-4-16-32-68)45-83-59-94(118)61-85(102(83)134-110(126)70-35-19-6-20-36-70)47-87-63-96(120)64-88(104(87)136-112(128)72-39-23-8-24-40-72)48-86-62-95(119)60-84(103(86)135-111(127)71-37-21-7-22-38-71)46-82-58-93(117)56-80(101(82)133-109(125)69-33-17-5-18-34-69)44-78-54-91(115)52-76(99(78)131-107(123)67-29-13-3-14-30-67)42-74(50-89)97(73)129-105(121)65-25-9-1-10-26-65/h1-40,49-64H,41-48H2. The fraction of sp³-hybridized carbons (Fsp3) is 0.0714. The molecule has 24 heteroatoms. The van der Waals surface area contributed by atoms with Crippen LogP contribution in [0.3, 0.4) is 0 Å². The topological polar surface area (TPSA) is 210 Å². The molecule has 17 rings (SSSR count). The molecule has 0 saturated carbocycles. The maximum absolute atomic E-state index is 15.2. The number of hydrogen-bond donors (Lipinski definition) is 0. The van der Waals surface area contributed by atoms with Gasteiger partial charge in [-0.15, -0.1) is 0 Å². The number of halogens is 8. The SMILES string of the molecule is O=C(Oc1c2cc(I)cc1Cc1cc(I)cc(c1OC(=O)c1ccccc1)Cc1cc(I)cc(c1OC(=O)c1ccccc1)Cc1cc(I)cc(c1OC(=O)c1ccccc1)Cc1cc(I)cc(c1OC(=O)c1ccccc1)Cc1cc(I)cc(c1OC(=O)c1ccccc1)Cc1cc(I)cc(c1OC(=O)c1ccccc1)Cc1cc(I)cc(c1OC(=O)c1ccccc1)C2)c1ccccc1. The largest absolute Gasteiger partial charge is 0.422 e. The Kier molecular flexibility index (Phi) is 31.8. The quantitative estimate of drug-likeness (QED) is 0.0500. The van der Waals surface area contributed by atoms with Crippen LogP contribution in [0.25, 0.3) is 0 Å². The second kappa shape index (κ2) is 44.7. The maximum Gasteiger partial charge on any atom is 0.343 e. The highest BCUT2D eigenvalue weighted by molar-refractivity contribution is 14.1. The van der Waals surface area contributed by atoms with E-state index in [0.29, 0.717) is 118 Å². The van der Waals surface area contributed by atoms with Gasteiger partial charge in [-0.1, -0.05) is 146 Å². The van der Waals surface area contributed by atoms with E-state index in [1.807, 2.05) is 97.1 Å². The van der Waals surface area contributed by atoms with Crippen molar-refractivity contribution in [2.75, 3.05) is 0 Å². The molecular formula is C112H72I8O16. The molecule has 0 saturated heterocycles. The molecule has 672 valence electrons. The van der Waals surface area contributed by atoms with Crippen LogP contribution in [0, 0.1) is 28.6 Å². The molecule has 0 spiro atoms. The first-order chi connectivity index (χ1) is 65.9. The lowest BCUT2D eigenvalue weighted by Gasteiger charge is -2.23. The third-order valence-corrected chi connectivity index (χ3v) is 27.3. The van der Waals surface area contributed by atoms with Crippen molar-refractivity contribution in [3.63, 3.8) is 0 Å². The summed E-state index contributed by atoms with van der Waals surface area (Å²) in [6, 6.07) is 99.5. The number of hydrogen-bond acceptors (Lipinski definition) is 16. The minimum atomic E-state index is -0.684. The third-order valence-electron chi connectivity index (χ3n) is 22.3. The van der Waals surface area contributed by atoms with E-state index in [2.05, 4.69) is 181 Å². The molecule has 16 nitrogen and oxygen atoms in total. The Balaban J connectivity index is 0.940. The first-order valence-corrected chi connectivity index (χ1v) is 51.2. The molecule has 0 unspecified atom stereocenters. The summed E-state index contributed by atoms with van der Waals surface area (Å²) in [5, 5.41) is 0. The Bertz CT molecular complexity index is 5850. The lowest BCUT2D eigenvalue weighted by atomic mass is 9.91. The molecule has 136 heavy (non-hydrogen) atoms. The van der Waals surface area contributed by atoms with Crippen molar-refractivity contribution >= 4 is 228 Å². The number of ether oxygens (including phenoxy) is 8. The second-order valence-electron chi connectivity index (χ2n) is 31.9. The molecule has 0 fully saturated rings. The summed E-state index contributed by atoms with van der Waals surface area (Å²) in [5.41, 5.74) is 9.86. The smallest absolute Gasteiger partial charge is 0.343 e. The van der Waals surface area contributed by atoms with Crippen molar-refractivity contribution in [2.45, 2.75) is 51.4 Å². The summed E-state index contributed by atoms with van der Waals surface area (Å²) in [6.07, 6.45) is -0.309. The van der Waals surface area contributed by atoms with Crippen LogP contribution >= 0.6 is 181 Å². The highest BCUT2D eigenvalue weighted by Crippen LogP contribution is 2.46. The molecule has 0 amide bonds. The molecular weight excluding hydrogens is 2620 g/mol. The van der Waals surface area contributed by atoms with Crippen LogP contribution in [0.4, 0.5) is 0 Å². The van der Waals surface area contributed by atoms with Gasteiger partial charge in [0, 0.05) is 169 Å². The summed E-state index contributed by atoms with van der Waals surface area (Å²) < 4.78 is 60.5. The molecule has 0 aromatic heterocycles. The van der Waals surface area contributed by atoms with Crippen molar-refractivity contribution in [1.29, 1.82) is 0 Å². The highest BCUT2D eigenvalue weighted by atomic mass is 127. The van der Waals surface area contributed by atoms with Gasteiger partial charge < -0.3 is 37.9 Å². The van der Waals surface area contributed by atoms with Gasteiger partial charge in [-0.2, -0.15) is 0 Å². The van der Waals surface area contributed by atoms with E-state index in [1.165, 1.54) is 0 Å². The number of benzene rings is 16. The zero-order chi connectivity index (χ0) is 94.6. The van der Waals surface area contributed by atoms with E-state index in [9.17, 15) is 0 Å². The third kappa shape index (κ3) is 23.9. The predicted molar refractivity (Wildman–Crippen MR) is 587 cm³/mol. The first kappa shape index (κ1) is 96.8. The molecule has 0 radical (unpaired) electrons. The van der Waals surface area contributed by atoms with Crippen molar-refractivity contribution in [3.05, 3.63) is 502 Å². The van der Waals surface area contributed by atoms with Gasteiger partial charge in [0.1, 0.15) is 46.0 Å². The lowest BCUT2D eigenvalue weighted by molar-refractivity contribution is 0.0719. The van der Waals surface area contributed by atoms with Gasteiger partial charge >= 0.3 is 47.8 Å². The van der Waals surface area contributed by atoms with Crippen LogP contribution in [0.2, 0.25) is 0 Å². The van der Waals surface area contributed by atoms with E-state index in [-0.39, 0.29) is 142 Å². The van der Waals surface area contributed by atoms with Crippen molar-refractivity contribution < 1.29 is 76.3 Å². The Hall–Kier alpha value is -10.9. The van der Waals surface area contributed by atoms with Gasteiger partial charge in [-0.25, -0.2) is 38.4 Å². The summed E-state index contributed by atoms with van der Waals surface area (Å²) in [7, 11) is 0. The molecule has 0 N–H and O–H groups in total. The molecule has 0 heterocycles. The summed E-state index contributed by atoms with van der Waals surface area (Å²) in [6.45, 7) is 0. The van der Waals surface area contributed by atoms with Gasteiger partial charge in [0.25, 0.3) is 0 Å². The number of fused-ring (bicyclic) bond motifs is 16. The van der Waals surface area contributed by atoms with Crippen LogP contribution in [0.15, 0.2) is 340 Å². The zero-order valence-electron chi connectivity index (χ0n) is 71.5. The van der Waals surface area contributed by atoms with E-state index < -0.39 is 47.8 Å². The molecule has 16 aromatic carbocycles. The van der Waals surface area contributed by atoms with Crippen molar-refractivity contribution in [3.8, 4) is 46.0 Å². The van der Waals surface area contributed by atoms with E-state index in [1.54, 1.807) is 243 Å². The fourth-order valence-corrected chi connectivity index (χ4v) is 22.3. The zero-order valence-corrected chi connectivity index (χ0v) is 88.8. The Morgan fingerprint density at radius 2 is 0.221 bits per heavy atom. The Labute approximate surface area is 892 Å². The Morgan fingerprint density at radius 1 is 0.140 bits per heavy atom. The average molecular weight is 2690 g/mol. The van der Waals surface area contributed by atoms with Crippen LogP contribution in [-0.2, 0) is 51.4 Å². The molecule has 1 aliphatic carbocycles. The van der Waals surface area contributed by atoms with Crippen LogP contribution in [-0.4, -0.2) is 47.8 Å². The minimum Gasteiger partial charge on any atom is -0.422 e. The van der Waals surface area contributed by atoms with Crippen LogP contribution in [0.5, 0.6) is 46.0 Å². The van der Waals surface area contributed by atoms with E-state index in [0.717, 1.165) is 0 Å². The van der Waals surface area contributed by atoms with Gasteiger partial charge in [-0.3, -0.25) is 0 Å². The van der Waals surface area contributed by atoms with Gasteiger partial charge in [0.15, 0.2) is 0 Å². The molecule has 1 aliphatic rings. The highest BCUT2D eigenvalue weighted by Gasteiger charge is 2.33. The molecule has 16 aromatic rings. The van der Waals surface area contributed by atoms with Gasteiger partial charge in [0.2, 0.25) is 0 Å². The van der Waals surface area contributed by atoms with Gasteiger partial charge in [-0.05, 0) is 375 Å². The maximum atomic E-state index is 15.2. The minimum absolute atomic E-state index is 0.0387. The number of carbonyl (C=O) groups excluding carboxylic acids is 8. The molecule has 16 bridgehead atoms. The fourth-order valence-electron chi connectivity index (χ4n) is 16.3. The number of carbonyl (C=O) groups is 8. The lowest BCUT2D eigenvalue weighted by Crippen LogP contribution is -2.16. The van der Waals surface area contributed by atoms with E-state index >= 15 is 38.4 Å². The first-order valence-electron chi connectivity index (χ1n) is 42.6. The van der Waals surface area contributed by atoms with Crippen LogP contribution in [0.1, 0.15) is 172 Å². The molecule has 0 atom stereocenters. The van der Waals surface area contributed by atoms with Crippen molar-refractivity contribution in [2.24, 2.45) is 0 Å². The second-order valence-corrected chi connectivity index (χ2v) is 41.8. The number of esters is 8.